The molecule has 0 aromatic carbocycles. The summed E-state index contributed by atoms with van der Waals surface area (Å²) in [5.41, 5.74) is 0.569. The maximum Gasteiger partial charge on any atom is 0.250 e. The van der Waals surface area contributed by atoms with Gasteiger partial charge in [-0.2, -0.15) is 0 Å². The molecule has 0 atom stereocenters. The van der Waals surface area contributed by atoms with Gasteiger partial charge in [0.25, 0.3) is 0 Å². The normalized spacial score (nSPS) is 11.9. The van der Waals surface area contributed by atoms with Gasteiger partial charge in [0.1, 0.15) is 9.97 Å². The first-order valence-electron chi connectivity index (χ1n) is 6.72. The highest BCUT2D eigenvalue weighted by molar-refractivity contribution is 7.91. The predicted octanol–water partition coefficient (Wildman–Crippen LogP) is 1.68. The number of aromatic nitrogens is 1. The molecule has 0 bridgehead atoms. The molecule has 0 fully saturated rings. The molecule has 2 rings (SSSR count). The smallest absolute Gasteiger partial charge is 0.250 e. The van der Waals surface area contributed by atoms with Gasteiger partial charge in [0, 0.05) is 10.9 Å². The van der Waals surface area contributed by atoms with Gasteiger partial charge in [-0.15, -0.1) is 11.3 Å². The van der Waals surface area contributed by atoms with Crippen LogP contribution in [0.25, 0.3) is 0 Å². The number of sulfonamides is 1. The average Bonchev–Trinajstić information content (AvgIpc) is 3.06. The molecule has 0 aliphatic rings. The van der Waals surface area contributed by atoms with Crippen molar-refractivity contribution in [1.29, 1.82) is 0 Å². The second kappa shape index (κ2) is 7.17. The molecule has 116 valence electrons. The van der Waals surface area contributed by atoms with Gasteiger partial charge in [0.05, 0.1) is 12.2 Å². The molecule has 0 unspecified atom stereocenters. The highest BCUT2D eigenvalue weighted by Crippen LogP contribution is 2.22. The molecule has 2 heterocycles. The van der Waals surface area contributed by atoms with E-state index in [1.807, 2.05) is 13.0 Å². The first-order valence-corrected chi connectivity index (χ1v) is 9.02. The monoisotopic (exact) mass is 329 g/mol. The van der Waals surface area contributed by atoms with Crippen LogP contribution in [0.4, 0.5) is 0 Å². The number of nitrogens with zero attached hydrogens (tertiary/aromatic N) is 1. The Morgan fingerprint density at radius 3 is 2.86 bits per heavy atom. The number of nitrogens with one attached hydrogen (secondary N) is 2. The van der Waals surface area contributed by atoms with Gasteiger partial charge in [-0.05, 0) is 38.6 Å². The zero-order valence-corrected chi connectivity index (χ0v) is 13.7. The highest BCUT2D eigenvalue weighted by Gasteiger charge is 2.17. The zero-order valence-electron chi connectivity index (χ0n) is 12.0. The molecule has 0 spiro atoms. The van der Waals surface area contributed by atoms with E-state index in [1.54, 1.807) is 19.1 Å². The molecule has 0 amide bonds. The molecule has 0 saturated heterocycles. The summed E-state index contributed by atoms with van der Waals surface area (Å²) in [6.07, 6.45) is 0.830. The third-order valence-corrected chi connectivity index (χ3v) is 5.86. The largest absolute Gasteiger partial charge is 0.361 e. The molecule has 0 aliphatic carbocycles. The maximum absolute atomic E-state index is 12.2. The molecule has 0 aliphatic heterocycles. The van der Waals surface area contributed by atoms with Gasteiger partial charge in [0.2, 0.25) is 10.0 Å². The van der Waals surface area contributed by atoms with Crippen LogP contribution in [0, 0.1) is 6.92 Å². The summed E-state index contributed by atoms with van der Waals surface area (Å²) < 4.78 is 32.1. The first kappa shape index (κ1) is 16.2. The van der Waals surface area contributed by atoms with E-state index in [4.69, 9.17) is 4.52 Å². The van der Waals surface area contributed by atoms with Crippen LogP contribution in [0.15, 0.2) is 26.9 Å². The van der Waals surface area contributed by atoms with Crippen molar-refractivity contribution < 1.29 is 12.9 Å². The van der Waals surface area contributed by atoms with Crippen molar-refractivity contribution in [3.05, 3.63) is 34.5 Å². The Kier molecular flexibility index (Phi) is 5.51. The molecule has 2 aromatic heterocycles. The topological polar surface area (TPSA) is 84.2 Å². The molecule has 2 aromatic rings. The van der Waals surface area contributed by atoms with Gasteiger partial charge >= 0.3 is 0 Å². The number of aryl methyl sites for hydroxylation is 1. The molecular weight excluding hydrogens is 310 g/mol. The lowest BCUT2D eigenvalue weighted by Crippen LogP contribution is -2.22. The summed E-state index contributed by atoms with van der Waals surface area (Å²) in [6.45, 7) is 5.70. The van der Waals surface area contributed by atoms with Gasteiger partial charge in [-0.3, -0.25) is 0 Å². The summed E-state index contributed by atoms with van der Waals surface area (Å²) in [5, 5.41) is 6.98. The van der Waals surface area contributed by atoms with Crippen molar-refractivity contribution >= 4 is 21.4 Å². The fraction of sp³-hybridized carbons (Fsp3) is 0.462. The number of rotatable bonds is 8. The molecule has 8 heteroatoms. The molecule has 2 N–H and O–H groups in total. The summed E-state index contributed by atoms with van der Waals surface area (Å²) >= 11 is 1.30. The van der Waals surface area contributed by atoms with Crippen molar-refractivity contribution in [2.75, 3.05) is 13.1 Å². The minimum Gasteiger partial charge on any atom is -0.361 e. The Morgan fingerprint density at radius 2 is 2.19 bits per heavy atom. The lowest BCUT2D eigenvalue weighted by Gasteiger charge is -2.02. The van der Waals surface area contributed by atoms with Gasteiger partial charge in [-0.25, -0.2) is 13.1 Å². The van der Waals surface area contributed by atoms with E-state index in [9.17, 15) is 8.42 Å². The van der Waals surface area contributed by atoms with Gasteiger partial charge in [0.15, 0.2) is 0 Å². The molecule has 6 nitrogen and oxygen atoms in total. The van der Waals surface area contributed by atoms with E-state index in [2.05, 4.69) is 15.2 Å². The summed E-state index contributed by atoms with van der Waals surface area (Å²) in [7, 11) is -3.49. The standard InChI is InChI=1S/C13H19N3O3S2/c1-3-14-7-6-12-4-5-13(20-12)21(17,18)15-9-11-8-10(2)19-16-11/h4-5,8,14-15H,3,6-7,9H2,1-2H3. The van der Waals surface area contributed by atoms with Crippen LogP contribution in [-0.4, -0.2) is 26.7 Å². The molecule has 21 heavy (non-hydrogen) atoms. The van der Waals surface area contributed by atoms with E-state index in [0.717, 1.165) is 24.4 Å². The second-order valence-electron chi connectivity index (χ2n) is 4.58. The van der Waals surface area contributed by atoms with Crippen LogP contribution in [-0.2, 0) is 23.0 Å². The van der Waals surface area contributed by atoms with E-state index >= 15 is 0 Å². The predicted molar refractivity (Wildman–Crippen MR) is 81.8 cm³/mol. The Balaban J connectivity index is 1.95. The minimum absolute atomic E-state index is 0.129. The van der Waals surface area contributed by atoms with Gasteiger partial charge in [-0.1, -0.05) is 12.1 Å². The van der Waals surface area contributed by atoms with E-state index in [1.165, 1.54) is 11.3 Å². The average molecular weight is 329 g/mol. The highest BCUT2D eigenvalue weighted by atomic mass is 32.2. The molecule has 0 saturated carbocycles. The van der Waals surface area contributed by atoms with Crippen molar-refractivity contribution in [3.63, 3.8) is 0 Å². The van der Waals surface area contributed by atoms with Crippen molar-refractivity contribution in [3.8, 4) is 0 Å². The fourth-order valence-corrected chi connectivity index (χ4v) is 4.17. The Bertz CT molecular complexity index is 676. The van der Waals surface area contributed by atoms with Gasteiger partial charge < -0.3 is 9.84 Å². The van der Waals surface area contributed by atoms with Crippen LogP contribution in [0.1, 0.15) is 23.3 Å². The first-order chi connectivity index (χ1) is 10.0. The Labute approximate surface area is 128 Å². The number of hydrogen-bond donors (Lipinski definition) is 2. The summed E-state index contributed by atoms with van der Waals surface area (Å²) in [4.78, 5) is 1.05. The number of hydrogen-bond acceptors (Lipinski definition) is 6. The quantitative estimate of drug-likeness (QED) is 0.720. The SMILES string of the molecule is CCNCCc1ccc(S(=O)(=O)NCc2cc(C)on2)s1. The number of likely N-dealkylation sites (N-methyl/N-ethyl adjacent to an activating group) is 1. The van der Waals surface area contributed by atoms with Crippen molar-refractivity contribution in [1.82, 2.24) is 15.2 Å². The lowest BCUT2D eigenvalue weighted by atomic mass is 10.3. The van der Waals surface area contributed by atoms with E-state index < -0.39 is 10.0 Å². The molecule has 0 radical (unpaired) electrons. The second-order valence-corrected chi connectivity index (χ2v) is 7.74. The Morgan fingerprint density at radius 1 is 1.38 bits per heavy atom. The summed E-state index contributed by atoms with van der Waals surface area (Å²) in [6, 6.07) is 5.21. The van der Waals surface area contributed by atoms with Crippen LogP contribution < -0.4 is 10.0 Å². The zero-order chi connectivity index (χ0) is 15.3. The van der Waals surface area contributed by atoms with Crippen LogP contribution in [0.3, 0.4) is 0 Å². The van der Waals surface area contributed by atoms with Crippen molar-refractivity contribution in [2.45, 2.75) is 31.0 Å². The Hall–Kier alpha value is -1.22. The van der Waals surface area contributed by atoms with E-state index in [0.29, 0.717) is 15.7 Å². The third kappa shape index (κ3) is 4.63. The fourth-order valence-electron chi connectivity index (χ4n) is 1.77. The third-order valence-electron chi connectivity index (χ3n) is 2.82. The molecular formula is C13H19N3O3S2. The van der Waals surface area contributed by atoms with E-state index in [-0.39, 0.29) is 6.54 Å². The van der Waals surface area contributed by atoms with Crippen LogP contribution >= 0.6 is 11.3 Å². The summed E-state index contributed by atoms with van der Waals surface area (Å²) in [5.74, 6) is 0.658. The van der Waals surface area contributed by atoms with Crippen molar-refractivity contribution in [2.24, 2.45) is 0 Å². The lowest BCUT2D eigenvalue weighted by molar-refractivity contribution is 0.390. The minimum atomic E-state index is -3.49. The number of thiophene rings is 1. The maximum atomic E-state index is 12.2. The van der Waals surface area contributed by atoms with Crippen LogP contribution in [0.5, 0.6) is 0 Å². The van der Waals surface area contributed by atoms with Crippen LogP contribution in [0.2, 0.25) is 0 Å².